The summed E-state index contributed by atoms with van der Waals surface area (Å²) in [5.41, 5.74) is 20.7. The van der Waals surface area contributed by atoms with E-state index in [1.807, 2.05) is 11.3 Å². The van der Waals surface area contributed by atoms with Crippen LogP contribution in [0, 0.1) is 19.3 Å². The Labute approximate surface area is 392 Å². The minimum Gasteiger partial charge on any atom is -0.483 e. The lowest BCUT2D eigenvalue weighted by Crippen LogP contribution is -2.60. The predicted octanol–water partition coefficient (Wildman–Crippen LogP) is 14.5. The Hall–Kier alpha value is -6.50. The van der Waals surface area contributed by atoms with Crippen LogP contribution in [-0.2, 0) is 5.41 Å². The molecule has 13 rings (SSSR count). The summed E-state index contributed by atoms with van der Waals surface area (Å²) in [5, 5.41) is 4.06. The highest BCUT2D eigenvalue weighted by atomic mass is 32.1. The van der Waals surface area contributed by atoms with E-state index in [1.165, 1.54) is 109 Å². The molecular formula is C60H54BN3OS. The fourth-order valence-corrected chi connectivity index (χ4v) is 13.2. The lowest BCUT2D eigenvalue weighted by atomic mass is 9.31. The molecule has 5 aliphatic rings. The van der Waals surface area contributed by atoms with Gasteiger partial charge in [-0.05, 0) is 94.8 Å². The minimum atomic E-state index is -0.112. The summed E-state index contributed by atoms with van der Waals surface area (Å²) < 4.78 is 11.3. The van der Waals surface area contributed by atoms with Crippen LogP contribution in [-0.4, -0.2) is 23.4 Å². The van der Waals surface area contributed by atoms with Crippen molar-refractivity contribution in [1.82, 2.24) is 4.57 Å². The van der Waals surface area contributed by atoms with Gasteiger partial charge in [0.1, 0.15) is 10.9 Å². The molecule has 5 heterocycles. The first-order chi connectivity index (χ1) is 31.8. The third kappa shape index (κ3) is 5.64. The summed E-state index contributed by atoms with van der Waals surface area (Å²) in [4.78, 5) is 6.59. The molecule has 0 N–H and O–H groups in total. The van der Waals surface area contributed by atoms with Crippen molar-refractivity contribution in [3.63, 3.8) is 0 Å². The Kier molecular flexibility index (Phi) is 8.46. The van der Waals surface area contributed by atoms with Gasteiger partial charge in [0.25, 0.3) is 0 Å². The van der Waals surface area contributed by atoms with Gasteiger partial charge in [-0.25, -0.2) is 0 Å². The number of allylic oxidation sites excluding steroid dienone is 4. The van der Waals surface area contributed by atoms with Crippen molar-refractivity contribution in [1.29, 1.82) is 0 Å². The van der Waals surface area contributed by atoms with Crippen molar-refractivity contribution in [3.8, 4) is 11.4 Å². The molecule has 2 aliphatic carbocycles. The summed E-state index contributed by atoms with van der Waals surface area (Å²) in [7, 11) is 0. The van der Waals surface area contributed by atoms with E-state index in [4.69, 9.17) is 4.74 Å². The summed E-state index contributed by atoms with van der Waals surface area (Å²) >= 11 is 1.93. The van der Waals surface area contributed by atoms with Crippen molar-refractivity contribution in [3.05, 3.63) is 185 Å². The summed E-state index contributed by atoms with van der Waals surface area (Å²) in [6, 6.07) is 45.8. The fraction of sp³-hybridized carbons (Fsp3) is 0.233. The third-order valence-electron chi connectivity index (χ3n) is 15.3. The number of fused-ring (bicyclic) bond motifs is 12. The summed E-state index contributed by atoms with van der Waals surface area (Å²) in [6.07, 6.45) is 11.4. The first-order valence-corrected chi connectivity index (χ1v) is 24.6. The molecule has 66 heavy (non-hydrogen) atoms. The molecule has 6 heteroatoms. The topological polar surface area (TPSA) is 20.6 Å². The molecule has 0 amide bonds. The van der Waals surface area contributed by atoms with Gasteiger partial charge in [0, 0.05) is 73.3 Å². The third-order valence-corrected chi connectivity index (χ3v) is 16.5. The molecule has 324 valence electrons. The molecule has 0 saturated carbocycles. The van der Waals surface area contributed by atoms with Crippen molar-refractivity contribution in [2.75, 3.05) is 9.80 Å². The summed E-state index contributed by atoms with van der Waals surface area (Å²) in [5.74, 6) is 1.00. The van der Waals surface area contributed by atoms with Crippen LogP contribution >= 0.6 is 11.3 Å². The van der Waals surface area contributed by atoms with Crippen LogP contribution in [0.25, 0.3) is 42.5 Å². The maximum Gasteiger partial charge on any atom is 0.247 e. The zero-order chi connectivity index (χ0) is 45.0. The molecule has 2 unspecified atom stereocenters. The summed E-state index contributed by atoms with van der Waals surface area (Å²) in [6.45, 7) is 18.6. The number of ether oxygens (including phenoxy) is 1. The number of benzene rings is 6. The number of hydrogen-bond donors (Lipinski definition) is 0. The number of rotatable bonds is 4. The van der Waals surface area contributed by atoms with Gasteiger partial charge in [0.15, 0.2) is 5.75 Å². The highest BCUT2D eigenvalue weighted by Crippen LogP contribution is 2.54. The van der Waals surface area contributed by atoms with E-state index < -0.39 is 0 Å². The van der Waals surface area contributed by atoms with Crippen LogP contribution in [0.2, 0.25) is 0 Å². The molecular weight excluding hydrogens is 822 g/mol. The van der Waals surface area contributed by atoms with E-state index in [1.54, 1.807) is 0 Å². The van der Waals surface area contributed by atoms with Gasteiger partial charge in [-0.2, -0.15) is 0 Å². The van der Waals surface area contributed by atoms with Gasteiger partial charge in [-0.1, -0.05) is 156 Å². The molecule has 6 aromatic carbocycles. The molecule has 0 radical (unpaired) electrons. The lowest BCUT2D eigenvalue weighted by Gasteiger charge is -2.48. The molecule has 0 spiro atoms. The normalized spacial score (nSPS) is 18.3. The quantitative estimate of drug-likeness (QED) is 0.164. The highest BCUT2D eigenvalue weighted by molar-refractivity contribution is 7.26. The van der Waals surface area contributed by atoms with Gasteiger partial charge >= 0.3 is 0 Å². The fourth-order valence-electron chi connectivity index (χ4n) is 12.0. The maximum atomic E-state index is 7.34. The molecule has 4 nitrogen and oxygen atoms in total. The maximum absolute atomic E-state index is 7.34. The van der Waals surface area contributed by atoms with E-state index in [0.717, 1.165) is 24.3 Å². The van der Waals surface area contributed by atoms with E-state index in [0.29, 0.717) is 0 Å². The number of thiophene rings is 1. The molecule has 2 aromatic heterocycles. The average Bonchev–Trinajstić information content (AvgIpc) is 3.98. The van der Waals surface area contributed by atoms with Gasteiger partial charge < -0.3 is 19.1 Å². The van der Waals surface area contributed by atoms with Crippen LogP contribution < -0.4 is 25.5 Å². The second kappa shape index (κ2) is 14.0. The van der Waals surface area contributed by atoms with Crippen LogP contribution in [0.1, 0.15) is 76.6 Å². The molecule has 2 atom stereocenters. The van der Waals surface area contributed by atoms with Crippen LogP contribution in [0.3, 0.4) is 0 Å². The van der Waals surface area contributed by atoms with Gasteiger partial charge in [-0.3, -0.25) is 0 Å². The number of anilines is 4. The standard InChI is InChI=1S/C60H54BN3OS/c1-35-17-9-12-23-46(35)62(47-24-13-10-18-36(47)2)39-28-30-44-49(34-39)63(48-25-16-20-41-40-29-27-37(59(3,4)5)33-52(40)65-57(41)48)50-31-38(60(6,7)8)32-51-55(50)61(44)45-22-15-21-43-54-42-19-11-14-26-53(42)66-58(54)64(51)56(43)45/h9-32,49,52H,33-34H2,1-8H3. The largest absolute Gasteiger partial charge is 0.483 e. The number of nitrogens with zero attached hydrogens (tertiary/aromatic N) is 3. The Morgan fingerprint density at radius 3 is 2.11 bits per heavy atom. The number of para-hydroxylation sites is 4. The second-order valence-corrected chi connectivity index (χ2v) is 22.4. The van der Waals surface area contributed by atoms with E-state index >= 15 is 0 Å². The zero-order valence-electron chi connectivity index (χ0n) is 39.2. The molecule has 0 bridgehead atoms. The Balaban J connectivity index is 1.11. The van der Waals surface area contributed by atoms with E-state index in [9.17, 15) is 0 Å². The number of hydrogen-bond acceptors (Lipinski definition) is 4. The minimum absolute atomic E-state index is 0.00482. The van der Waals surface area contributed by atoms with Crippen LogP contribution in [0.15, 0.2) is 162 Å². The molecule has 3 aliphatic heterocycles. The average molecular weight is 876 g/mol. The van der Waals surface area contributed by atoms with Crippen molar-refractivity contribution in [2.24, 2.45) is 5.41 Å². The van der Waals surface area contributed by atoms with Crippen LogP contribution in [0.5, 0.6) is 5.75 Å². The van der Waals surface area contributed by atoms with E-state index in [2.05, 4.69) is 215 Å². The zero-order valence-corrected chi connectivity index (χ0v) is 40.0. The SMILES string of the molecule is Cc1ccccc1N(C1=CC=C2B3c4c(cc(C(C)(C)C)cc4-n4c5sc6ccccc6c5c5cccc3c54)N(c3cccc4c3OC3CC(C(C)(C)C)=CC=C43)C2C1)c1ccccc1C. The Morgan fingerprint density at radius 1 is 0.667 bits per heavy atom. The molecule has 0 saturated heterocycles. The monoisotopic (exact) mass is 875 g/mol. The van der Waals surface area contributed by atoms with Gasteiger partial charge in [-0.15, -0.1) is 11.3 Å². The first-order valence-electron chi connectivity index (χ1n) is 23.8. The van der Waals surface area contributed by atoms with Gasteiger partial charge in [0.05, 0.1) is 17.2 Å². The molecule has 8 aromatic rings. The van der Waals surface area contributed by atoms with Crippen molar-refractivity contribution < 1.29 is 4.74 Å². The van der Waals surface area contributed by atoms with E-state index in [-0.39, 0.29) is 29.7 Å². The Bertz CT molecular complexity index is 3500. The van der Waals surface area contributed by atoms with Crippen molar-refractivity contribution >= 4 is 88.5 Å². The van der Waals surface area contributed by atoms with Crippen LogP contribution in [0.4, 0.5) is 22.7 Å². The smallest absolute Gasteiger partial charge is 0.247 e. The van der Waals surface area contributed by atoms with Crippen molar-refractivity contribution in [2.45, 2.75) is 85.8 Å². The first kappa shape index (κ1) is 39.8. The molecule has 0 fully saturated rings. The van der Waals surface area contributed by atoms with Gasteiger partial charge in [0.2, 0.25) is 6.71 Å². The highest BCUT2D eigenvalue weighted by Gasteiger charge is 2.49. The predicted molar refractivity (Wildman–Crippen MR) is 282 cm³/mol. The number of aromatic nitrogens is 1. The second-order valence-electron chi connectivity index (χ2n) is 21.3. The lowest BCUT2D eigenvalue weighted by molar-refractivity contribution is 0.264. The number of aryl methyl sites for hydroxylation is 2. The Morgan fingerprint density at radius 2 is 1.36 bits per heavy atom.